The molecule has 1 fully saturated rings. The minimum atomic E-state index is -1.89. The first-order valence-electron chi connectivity index (χ1n) is 7.40. The summed E-state index contributed by atoms with van der Waals surface area (Å²) in [5.41, 5.74) is 0. The van der Waals surface area contributed by atoms with E-state index in [4.69, 9.17) is 4.74 Å². The van der Waals surface area contributed by atoms with E-state index < -0.39 is 85.0 Å². The third-order valence-corrected chi connectivity index (χ3v) is 3.34. The zero-order valence-electron chi connectivity index (χ0n) is 13.3. The molecule has 1 aliphatic heterocycles. The van der Waals surface area contributed by atoms with Crippen molar-refractivity contribution in [3.63, 3.8) is 0 Å². The van der Waals surface area contributed by atoms with Crippen LogP contribution in [0, 0.1) is 20.2 Å². The lowest BCUT2D eigenvalue weighted by Crippen LogP contribution is -2.60. The highest BCUT2D eigenvalue weighted by atomic mass is 16.7. The van der Waals surface area contributed by atoms with Crippen molar-refractivity contribution in [2.24, 2.45) is 0 Å². The summed E-state index contributed by atoms with van der Waals surface area (Å²) in [6, 6.07) is 0. The molecule has 26 heavy (non-hydrogen) atoms. The Labute approximate surface area is 145 Å². The molecule has 0 aromatic carbocycles. The number of nitrogens with zero attached hydrogens (tertiary/aromatic N) is 2. The number of esters is 2. The van der Waals surface area contributed by atoms with Gasteiger partial charge in [-0.15, -0.1) is 0 Å². The number of aliphatic hydroxyl groups is 3. The van der Waals surface area contributed by atoms with E-state index >= 15 is 0 Å². The number of ether oxygens (including phenoxy) is 3. The van der Waals surface area contributed by atoms with E-state index in [0.717, 1.165) is 0 Å². The Morgan fingerprint density at radius 1 is 0.962 bits per heavy atom. The van der Waals surface area contributed by atoms with E-state index in [9.17, 15) is 45.1 Å². The maximum Gasteiger partial charge on any atom is 0.313 e. The molecule has 1 heterocycles. The van der Waals surface area contributed by atoms with Crippen molar-refractivity contribution >= 4 is 11.9 Å². The van der Waals surface area contributed by atoms with E-state index in [1.165, 1.54) is 0 Å². The normalized spacial score (nSPS) is 28.2. The number of carbonyl (C=O) groups excluding carboxylic acids is 2. The van der Waals surface area contributed by atoms with Crippen molar-refractivity contribution in [1.82, 2.24) is 0 Å². The third kappa shape index (κ3) is 6.83. The zero-order valence-corrected chi connectivity index (χ0v) is 13.3. The molecule has 0 radical (unpaired) electrons. The van der Waals surface area contributed by atoms with E-state index in [1.807, 2.05) is 0 Å². The number of hydrogen-bond acceptors (Lipinski definition) is 12. The van der Waals surface area contributed by atoms with Gasteiger partial charge in [0.05, 0.1) is 0 Å². The zero-order chi connectivity index (χ0) is 19.9. The van der Waals surface area contributed by atoms with Crippen LogP contribution in [0.25, 0.3) is 0 Å². The van der Waals surface area contributed by atoms with Crippen LogP contribution < -0.4 is 0 Å². The molecule has 0 aromatic rings. The fraction of sp³-hybridized carbons (Fsp3) is 0.833. The first kappa shape index (κ1) is 21.6. The summed E-state index contributed by atoms with van der Waals surface area (Å²) in [7, 11) is 0. The van der Waals surface area contributed by atoms with Crippen LogP contribution in [0.1, 0.15) is 12.8 Å². The molecule has 1 rings (SSSR count). The van der Waals surface area contributed by atoms with Crippen LogP contribution in [0.3, 0.4) is 0 Å². The van der Waals surface area contributed by atoms with Crippen molar-refractivity contribution in [2.75, 3.05) is 19.7 Å². The van der Waals surface area contributed by atoms with Gasteiger partial charge in [0.2, 0.25) is 13.1 Å². The summed E-state index contributed by atoms with van der Waals surface area (Å²) in [5, 5.41) is 49.9. The quantitative estimate of drug-likeness (QED) is 0.210. The molecule has 0 aromatic heterocycles. The van der Waals surface area contributed by atoms with Crippen LogP contribution in [-0.2, 0) is 23.8 Å². The monoisotopic (exact) mass is 382 g/mol. The van der Waals surface area contributed by atoms with Gasteiger partial charge in [0.25, 0.3) is 0 Å². The molecule has 14 heteroatoms. The second-order valence-corrected chi connectivity index (χ2v) is 5.30. The summed E-state index contributed by atoms with van der Waals surface area (Å²) < 4.78 is 14.2. The number of carbonyl (C=O) groups is 2. The van der Waals surface area contributed by atoms with E-state index in [-0.39, 0.29) is 0 Å². The van der Waals surface area contributed by atoms with Gasteiger partial charge in [-0.05, 0) is 0 Å². The molecule has 0 aliphatic carbocycles. The highest BCUT2D eigenvalue weighted by Crippen LogP contribution is 2.23. The third-order valence-electron chi connectivity index (χ3n) is 3.34. The van der Waals surface area contributed by atoms with E-state index in [1.54, 1.807) is 0 Å². The Morgan fingerprint density at radius 2 is 1.50 bits per heavy atom. The lowest BCUT2D eigenvalue weighted by Gasteiger charge is -2.39. The molecule has 3 N–H and O–H groups in total. The molecule has 0 unspecified atom stereocenters. The summed E-state index contributed by atoms with van der Waals surface area (Å²) in [6.45, 7) is -1.99. The van der Waals surface area contributed by atoms with Crippen LogP contribution in [0.2, 0.25) is 0 Å². The van der Waals surface area contributed by atoms with E-state index in [2.05, 4.69) is 9.47 Å². The standard InChI is InChI=1S/C12H18N2O12/c15-7(1-3-13(20)21)24-5-6-9(17)10(18)11(12(19)25-6)26-8(16)2-4-14(22)23/h6,9-12,17-19H,1-5H2/t6-,9+,10-,11-,12-/m0/s1. The van der Waals surface area contributed by atoms with Crippen LogP contribution in [0.5, 0.6) is 0 Å². The predicted molar refractivity (Wildman–Crippen MR) is 76.7 cm³/mol. The smallest absolute Gasteiger partial charge is 0.313 e. The van der Waals surface area contributed by atoms with Crippen LogP contribution >= 0.6 is 0 Å². The lowest BCUT2D eigenvalue weighted by atomic mass is 9.99. The van der Waals surface area contributed by atoms with Gasteiger partial charge in [0.1, 0.15) is 37.8 Å². The minimum Gasteiger partial charge on any atom is -0.463 e. The molecule has 0 spiro atoms. The van der Waals surface area contributed by atoms with Crippen molar-refractivity contribution in [3.05, 3.63) is 20.2 Å². The Morgan fingerprint density at radius 3 is 2.04 bits per heavy atom. The molecule has 0 amide bonds. The van der Waals surface area contributed by atoms with Crippen LogP contribution in [0.15, 0.2) is 0 Å². The maximum atomic E-state index is 11.4. The summed E-state index contributed by atoms with van der Waals surface area (Å²) >= 11 is 0. The minimum absolute atomic E-state index is 0.516. The van der Waals surface area contributed by atoms with Gasteiger partial charge in [-0.25, -0.2) is 0 Å². The van der Waals surface area contributed by atoms with Gasteiger partial charge in [-0.3, -0.25) is 29.8 Å². The number of hydrogen-bond donors (Lipinski definition) is 3. The highest BCUT2D eigenvalue weighted by Gasteiger charge is 2.46. The van der Waals surface area contributed by atoms with Crippen LogP contribution in [-0.4, -0.2) is 87.5 Å². The first-order valence-corrected chi connectivity index (χ1v) is 7.40. The van der Waals surface area contributed by atoms with Gasteiger partial charge in [0.15, 0.2) is 12.4 Å². The summed E-state index contributed by atoms with van der Waals surface area (Å²) in [5.74, 6) is -2.04. The summed E-state index contributed by atoms with van der Waals surface area (Å²) in [6.07, 6.45) is -9.65. The SMILES string of the molecule is O=C(CC[N+](=O)[O-])OC[C@@H]1O[C@H](O)[C@@H](OC(=O)CC[N+](=O)[O-])[C@@H](O)[C@@H]1O. The largest absolute Gasteiger partial charge is 0.463 e. The fourth-order valence-electron chi connectivity index (χ4n) is 2.01. The van der Waals surface area contributed by atoms with Gasteiger partial charge < -0.3 is 29.5 Å². The molecule has 1 aliphatic rings. The second-order valence-electron chi connectivity index (χ2n) is 5.30. The van der Waals surface area contributed by atoms with Crippen molar-refractivity contribution in [1.29, 1.82) is 0 Å². The highest BCUT2D eigenvalue weighted by molar-refractivity contribution is 5.70. The molecule has 0 saturated carbocycles. The first-order chi connectivity index (χ1) is 12.1. The molecule has 0 bridgehead atoms. The Bertz CT molecular complexity index is 538. The Kier molecular flexibility index (Phi) is 8.24. The lowest BCUT2D eigenvalue weighted by molar-refractivity contribution is -0.479. The maximum absolute atomic E-state index is 11.4. The molecule has 148 valence electrons. The fourth-order valence-corrected chi connectivity index (χ4v) is 2.01. The van der Waals surface area contributed by atoms with Crippen molar-refractivity contribution in [3.8, 4) is 0 Å². The van der Waals surface area contributed by atoms with Gasteiger partial charge in [-0.1, -0.05) is 0 Å². The van der Waals surface area contributed by atoms with Crippen molar-refractivity contribution in [2.45, 2.75) is 43.5 Å². The average molecular weight is 382 g/mol. The summed E-state index contributed by atoms with van der Waals surface area (Å²) in [4.78, 5) is 41.6. The Balaban J connectivity index is 2.52. The van der Waals surface area contributed by atoms with Crippen LogP contribution in [0.4, 0.5) is 0 Å². The number of aliphatic hydroxyl groups excluding tert-OH is 3. The molecular weight excluding hydrogens is 364 g/mol. The van der Waals surface area contributed by atoms with Gasteiger partial charge in [0, 0.05) is 9.85 Å². The topological polar surface area (TPSA) is 209 Å². The average Bonchev–Trinajstić information content (AvgIpc) is 2.56. The number of nitro groups is 2. The molecule has 5 atom stereocenters. The molecule has 14 nitrogen and oxygen atoms in total. The van der Waals surface area contributed by atoms with Gasteiger partial charge in [-0.2, -0.15) is 0 Å². The molecule has 1 saturated heterocycles. The van der Waals surface area contributed by atoms with Gasteiger partial charge >= 0.3 is 11.9 Å². The number of rotatable bonds is 9. The Hall–Kier alpha value is -2.42. The molecular formula is C12H18N2O12. The predicted octanol–water partition coefficient (Wildman–Crippen LogP) is -2.79. The second kappa shape index (κ2) is 9.91. The van der Waals surface area contributed by atoms with Crippen molar-refractivity contribution < 1.29 is 49.0 Å². The van der Waals surface area contributed by atoms with E-state index in [0.29, 0.717) is 0 Å².